The number of hydrogen-bond donors (Lipinski definition) is 5. The predicted molar refractivity (Wildman–Crippen MR) is 219 cm³/mol. The molecule has 0 radical (unpaired) electrons. The van der Waals surface area contributed by atoms with E-state index in [2.05, 4.69) is 21.4 Å². The summed E-state index contributed by atoms with van der Waals surface area (Å²) in [6.07, 6.45) is -2.13. The van der Waals surface area contributed by atoms with Crippen molar-refractivity contribution >= 4 is 29.8 Å². The summed E-state index contributed by atoms with van der Waals surface area (Å²) in [7, 11) is 1.57. The number of alkyl carbamates (subject to hydrolysis) is 1. The lowest BCUT2D eigenvalue weighted by Gasteiger charge is -2.38. The van der Waals surface area contributed by atoms with Crippen molar-refractivity contribution in [3.63, 3.8) is 0 Å². The van der Waals surface area contributed by atoms with E-state index in [0.717, 1.165) is 5.56 Å². The van der Waals surface area contributed by atoms with Gasteiger partial charge in [0.2, 0.25) is 0 Å². The van der Waals surface area contributed by atoms with Crippen LogP contribution in [0.4, 0.5) is 14.0 Å². The fourth-order valence-corrected chi connectivity index (χ4v) is 6.65. The number of benzene rings is 3. The molecular weight excluding hydrogens is 762 g/mol. The van der Waals surface area contributed by atoms with Gasteiger partial charge < -0.3 is 40.8 Å². The topological polar surface area (TPSA) is 194 Å². The molecule has 0 bridgehead atoms. The number of carbonyl (C=O) groups is 5. The molecule has 6 N–H and O–H groups in total. The Labute approximate surface area is 345 Å². The maximum absolute atomic E-state index is 15.0. The van der Waals surface area contributed by atoms with Gasteiger partial charge in [0.1, 0.15) is 24.6 Å². The number of rotatable bonds is 20. The minimum Gasteiger partial charge on any atom is -0.459 e. The number of nitrogens with zero attached hydrogens (tertiary/aromatic N) is 2. The lowest BCUT2D eigenvalue weighted by atomic mass is 9.80. The second-order valence-electron chi connectivity index (χ2n) is 15.1. The molecule has 4 rings (SSSR count). The normalized spacial score (nSPS) is 15.5. The summed E-state index contributed by atoms with van der Waals surface area (Å²) < 4.78 is 31.0. The predicted octanol–water partition coefficient (Wildman–Crippen LogP) is 3.69. The molecule has 0 aliphatic carbocycles. The number of morpholine rings is 1. The quantitative estimate of drug-likeness (QED) is 0.0825. The molecule has 16 heteroatoms. The molecule has 59 heavy (non-hydrogen) atoms. The van der Waals surface area contributed by atoms with Crippen LogP contribution in [0.1, 0.15) is 50.4 Å². The van der Waals surface area contributed by atoms with E-state index in [1.807, 2.05) is 18.2 Å². The summed E-state index contributed by atoms with van der Waals surface area (Å²) in [5, 5.41) is 9.76. The van der Waals surface area contributed by atoms with Gasteiger partial charge in [-0.1, -0.05) is 100 Å². The molecule has 5 atom stereocenters. The molecule has 3 unspecified atom stereocenters. The second kappa shape index (κ2) is 23.2. The fraction of sp³-hybridized carbons (Fsp3) is 0.465. The third kappa shape index (κ3) is 14.4. The number of amides is 4. The molecule has 0 spiro atoms. The van der Waals surface area contributed by atoms with Gasteiger partial charge in [0, 0.05) is 25.7 Å². The van der Waals surface area contributed by atoms with Gasteiger partial charge in [0.05, 0.1) is 38.3 Å². The number of esters is 1. The van der Waals surface area contributed by atoms with Crippen molar-refractivity contribution in [2.75, 3.05) is 46.4 Å². The number of likely N-dealkylation sites (N-methyl/N-ethyl adjacent to an activating group) is 1. The molecule has 1 aliphatic heterocycles. The number of hydrogen-bond acceptors (Lipinski definition) is 11. The van der Waals surface area contributed by atoms with Crippen molar-refractivity contribution in [3.8, 4) is 0 Å². The van der Waals surface area contributed by atoms with Crippen molar-refractivity contribution in [3.05, 3.63) is 107 Å². The van der Waals surface area contributed by atoms with Crippen molar-refractivity contribution in [1.82, 2.24) is 31.3 Å². The van der Waals surface area contributed by atoms with Crippen molar-refractivity contribution in [1.29, 1.82) is 0 Å². The van der Waals surface area contributed by atoms with Crippen molar-refractivity contribution < 1.29 is 42.6 Å². The molecule has 1 saturated heterocycles. The van der Waals surface area contributed by atoms with Gasteiger partial charge in [-0.15, -0.1) is 0 Å². The van der Waals surface area contributed by atoms with E-state index < -0.39 is 77.6 Å². The van der Waals surface area contributed by atoms with Crippen LogP contribution in [0.15, 0.2) is 84.9 Å². The van der Waals surface area contributed by atoms with Gasteiger partial charge >= 0.3 is 18.1 Å². The fourth-order valence-electron chi connectivity index (χ4n) is 6.65. The Morgan fingerprint density at radius 2 is 1.44 bits per heavy atom. The van der Waals surface area contributed by atoms with E-state index in [1.54, 1.807) is 82.1 Å². The summed E-state index contributed by atoms with van der Waals surface area (Å²) >= 11 is 0. The lowest BCUT2D eigenvalue weighted by Crippen LogP contribution is -2.59. The molecule has 1 heterocycles. The Balaban J connectivity index is 1.72. The average molecular weight is 820 g/mol. The Kier molecular flexibility index (Phi) is 18.2. The molecule has 4 amide bonds. The summed E-state index contributed by atoms with van der Waals surface area (Å²) in [6.45, 7) is 7.92. The first-order valence-corrected chi connectivity index (χ1v) is 19.9. The highest BCUT2D eigenvalue weighted by Crippen LogP contribution is 2.29. The number of hydrazine groups is 1. The molecular formula is C43H58FN7O8. The van der Waals surface area contributed by atoms with E-state index in [1.165, 1.54) is 29.3 Å². The maximum atomic E-state index is 15.0. The molecule has 3 aromatic carbocycles. The van der Waals surface area contributed by atoms with Crippen LogP contribution in [0.5, 0.6) is 0 Å². The van der Waals surface area contributed by atoms with Crippen LogP contribution in [0.2, 0.25) is 0 Å². The number of nitrogens with two attached hydrogens (primary N) is 1. The number of halogens is 1. The second-order valence-corrected chi connectivity index (χ2v) is 15.1. The highest BCUT2D eigenvalue weighted by Gasteiger charge is 2.43. The molecule has 1 aliphatic rings. The van der Waals surface area contributed by atoms with E-state index in [0.29, 0.717) is 37.4 Å². The summed E-state index contributed by atoms with van der Waals surface area (Å²) in [6, 6.07) is 19.9. The molecule has 15 nitrogen and oxygen atoms in total. The Bertz CT molecular complexity index is 1800. The van der Waals surface area contributed by atoms with Crippen LogP contribution in [0, 0.1) is 23.6 Å². The standard InChI is InChI=1S/C43H58FN7O8/c1-28(2)38(47-42(55)50-20-22-57-23-21-50)40(53)36(37(45)32-14-10-7-11-15-32)34(59-35(52)24-46-5)26-51(25-30-16-18-33(44)19-17-30)49-41(54)39(29(3)4)48-43(56)58-27-31-12-8-6-9-13-31/h6-19,28-29,34,36-39,46H,20-27,45H2,1-5H3,(H,47,55)(H,48,56)(H,49,54)/t34?,36?,37?,38-,39-/m0/s1. The van der Waals surface area contributed by atoms with Crippen molar-refractivity contribution in [2.45, 2.75) is 65.1 Å². The van der Waals surface area contributed by atoms with Gasteiger partial charge in [-0.3, -0.25) is 19.8 Å². The monoisotopic (exact) mass is 819 g/mol. The molecule has 320 valence electrons. The Morgan fingerprint density at radius 3 is 2.03 bits per heavy atom. The van der Waals surface area contributed by atoms with Crippen LogP contribution in [-0.2, 0) is 41.7 Å². The average Bonchev–Trinajstić information content (AvgIpc) is 3.22. The number of carbonyl (C=O) groups excluding carboxylic acids is 5. The van der Waals surface area contributed by atoms with Gasteiger partial charge in [-0.2, -0.15) is 0 Å². The first kappa shape index (κ1) is 46.3. The minimum absolute atomic E-state index is 0.0170. The van der Waals surface area contributed by atoms with E-state index >= 15 is 4.79 Å². The maximum Gasteiger partial charge on any atom is 0.408 e. The number of ether oxygens (including phenoxy) is 3. The van der Waals surface area contributed by atoms with Gasteiger partial charge in [-0.05, 0) is 47.7 Å². The minimum atomic E-state index is -1.32. The molecule has 1 fully saturated rings. The van der Waals surface area contributed by atoms with Crippen LogP contribution >= 0.6 is 0 Å². The highest BCUT2D eigenvalue weighted by molar-refractivity contribution is 5.92. The number of ketones is 1. The number of nitrogens with one attached hydrogen (secondary N) is 4. The van der Waals surface area contributed by atoms with Crippen LogP contribution in [0.3, 0.4) is 0 Å². The highest BCUT2D eigenvalue weighted by atomic mass is 19.1. The number of urea groups is 1. The van der Waals surface area contributed by atoms with Crippen molar-refractivity contribution in [2.24, 2.45) is 23.5 Å². The van der Waals surface area contributed by atoms with E-state index in [9.17, 15) is 23.6 Å². The summed E-state index contributed by atoms with van der Waals surface area (Å²) in [4.78, 5) is 70.6. The smallest absolute Gasteiger partial charge is 0.408 e. The van der Waals surface area contributed by atoms with Gasteiger partial charge in [0.25, 0.3) is 5.91 Å². The van der Waals surface area contributed by atoms with E-state index in [4.69, 9.17) is 19.9 Å². The zero-order valence-corrected chi connectivity index (χ0v) is 34.4. The van der Waals surface area contributed by atoms with Gasteiger partial charge in [-0.25, -0.2) is 19.0 Å². The van der Waals surface area contributed by atoms with Crippen LogP contribution < -0.4 is 27.1 Å². The lowest BCUT2D eigenvalue weighted by molar-refractivity contribution is -0.156. The Hall–Kier alpha value is -5.42. The third-order valence-electron chi connectivity index (χ3n) is 9.85. The molecule has 3 aromatic rings. The molecule has 0 saturated carbocycles. The zero-order chi connectivity index (χ0) is 42.9. The first-order chi connectivity index (χ1) is 28.3. The first-order valence-electron chi connectivity index (χ1n) is 19.9. The van der Waals surface area contributed by atoms with Crippen LogP contribution in [0.25, 0.3) is 0 Å². The number of Topliss-reactive ketones (excluding diaryl/α,β-unsaturated/α-hetero) is 1. The zero-order valence-electron chi connectivity index (χ0n) is 34.4. The third-order valence-corrected chi connectivity index (χ3v) is 9.85. The van der Waals surface area contributed by atoms with Gasteiger partial charge in [0.15, 0.2) is 5.78 Å². The Morgan fingerprint density at radius 1 is 0.831 bits per heavy atom. The van der Waals surface area contributed by atoms with E-state index in [-0.39, 0.29) is 26.2 Å². The SMILES string of the molecule is CNCC(=O)OC(CN(Cc1ccc(F)cc1)NC(=O)[C@@H](NC(=O)OCc1ccccc1)C(C)C)C(C(=O)[C@@H](NC(=O)N1CCOCC1)C(C)C)C(N)c1ccccc1. The molecule has 0 aromatic heterocycles. The van der Waals surface area contributed by atoms with Crippen LogP contribution in [-0.4, -0.2) is 104 Å². The summed E-state index contributed by atoms with van der Waals surface area (Å²) in [5.74, 6) is -4.40. The summed E-state index contributed by atoms with van der Waals surface area (Å²) in [5.41, 5.74) is 11.7. The largest absolute Gasteiger partial charge is 0.459 e.